The highest BCUT2D eigenvalue weighted by Crippen LogP contribution is 2.28. The predicted octanol–water partition coefficient (Wildman–Crippen LogP) is 6.47. The molecule has 0 fully saturated rings. The Bertz CT molecular complexity index is 1420. The monoisotopic (exact) mass is 525 g/mol. The molecule has 0 atom stereocenters. The first-order chi connectivity index (χ1) is 17.3. The minimum atomic E-state index is -0.513. The van der Waals surface area contributed by atoms with E-state index >= 15 is 0 Å². The van der Waals surface area contributed by atoms with Crippen LogP contribution in [0.25, 0.3) is 0 Å². The second-order valence-electron chi connectivity index (χ2n) is 7.69. The van der Waals surface area contributed by atoms with E-state index in [2.05, 4.69) is 15.8 Å². The topological polar surface area (TPSA) is 106 Å². The zero-order valence-electron chi connectivity index (χ0n) is 19.3. The van der Waals surface area contributed by atoms with Crippen LogP contribution in [-0.2, 0) is 6.61 Å². The number of hydrogen-bond acceptors (Lipinski definition) is 6. The zero-order valence-corrected chi connectivity index (χ0v) is 20.8. The first-order valence-corrected chi connectivity index (χ1v) is 11.5. The van der Waals surface area contributed by atoms with Gasteiger partial charge in [0.15, 0.2) is 5.76 Å². The SMILES string of the molecule is C/C(=N\NC(=O)c1ccc(COc2cc(Cl)ccc2Cl)o1)c1ccc(NC(=O)c2ccoc2C)cc1. The standard InChI is InChI=1S/C26H21Cl2N3O5/c1-15(17-3-6-19(7-4-17)29-25(32)21-11-12-34-16(21)2)30-31-26(33)23-10-8-20(36-23)14-35-24-13-18(27)5-9-22(24)28/h3-13H,14H2,1-2H3,(H,29,32)(H,31,33)/b30-15+. The van der Waals surface area contributed by atoms with Gasteiger partial charge in [-0.1, -0.05) is 35.3 Å². The van der Waals surface area contributed by atoms with Crippen molar-refractivity contribution in [2.75, 3.05) is 5.32 Å². The highest BCUT2D eigenvalue weighted by atomic mass is 35.5. The lowest BCUT2D eigenvalue weighted by Gasteiger charge is -2.07. The van der Waals surface area contributed by atoms with Gasteiger partial charge in [0.1, 0.15) is 23.9 Å². The fraction of sp³-hybridized carbons (Fsp3) is 0.115. The van der Waals surface area contributed by atoms with Crippen molar-refractivity contribution in [1.82, 2.24) is 5.43 Å². The van der Waals surface area contributed by atoms with Gasteiger partial charge in [0.25, 0.3) is 5.91 Å². The Labute approximate surface area is 216 Å². The Balaban J connectivity index is 1.32. The number of aryl methyl sites for hydroxylation is 1. The van der Waals surface area contributed by atoms with E-state index < -0.39 is 5.91 Å². The molecule has 0 saturated heterocycles. The molecule has 2 heterocycles. The van der Waals surface area contributed by atoms with Crippen LogP contribution < -0.4 is 15.5 Å². The summed E-state index contributed by atoms with van der Waals surface area (Å²) in [4.78, 5) is 24.7. The van der Waals surface area contributed by atoms with Gasteiger partial charge in [-0.05, 0) is 61.9 Å². The molecule has 0 spiro atoms. The number of furan rings is 2. The first-order valence-electron chi connectivity index (χ1n) is 10.8. The average molecular weight is 526 g/mol. The van der Waals surface area contributed by atoms with Crippen LogP contribution in [0, 0.1) is 6.92 Å². The third kappa shape index (κ3) is 6.16. The Morgan fingerprint density at radius 1 is 1.00 bits per heavy atom. The fourth-order valence-corrected chi connectivity index (χ4v) is 3.52. The fourth-order valence-electron chi connectivity index (χ4n) is 3.18. The molecule has 2 aromatic carbocycles. The molecule has 0 radical (unpaired) electrons. The van der Waals surface area contributed by atoms with Crippen molar-refractivity contribution < 1.29 is 23.2 Å². The van der Waals surface area contributed by atoms with Gasteiger partial charge in [-0.3, -0.25) is 9.59 Å². The molecular weight excluding hydrogens is 505 g/mol. The summed E-state index contributed by atoms with van der Waals surface area (Å²) in [7, 11) is 0. The Morgan fingerprint density at radius 3 is 2.50 bits per heavy atom. The van der Waals surface area contributed by atoms with Crippen molar-refractivity contribution in [3.63, 3.8) is 0 Å². The van der Waals surface area contributed by atoms with Crippen LogP contribution in [0.1, 0.15) is 44.9 Å². The third-order valence-corrected chi connectivity index (χ3v) is 5.69. The summed E-state index contributed by atoms with van der Waals surface area (Å²) in [6.07, 6.45) is 1.47. The van der Waals surface area contributed by atoms with Gasteiger partial charge in [-0.25, -0.2) is 5.43 Å². The normalized spacial score (nSPS) is 11.3. The molecule has 2 amide bonds. The second kappa shape index (κ2) is 11.2. The van der Waals surface area contributed by atoms with Crippen LogP contribution in [0.5, 0.6) is 5.75 Å². The van der Waals surface area contributed by atoms with Gasteiger partial charge in [-0.2, -0.15) is 5.10 Å². The smallest absolute Gasteiger partial charge is 0.307 e. The minimum absolute atomic E-state index is 0.0681. The summed E-state index contributed by atoms with van der Waals surface area (Å²) in [5.74, 6) is 0.694. The largest absolute Gasteiger partial charge is 0.484 e. The third-order valence-electron chi connectivity index (χ3n) is 5.14. The highest BCUT2D eigenvalue weighted by Gasteiger charge is 2.13. The van der Waals surface area contributed by atoms with Gasteiger partial charge in [0.2, 0.25) is 0 Å². The molecule has 0 aliphatic heterocycles. The van der Waals surface area contributed by atoms with Crippen LogP contribution in [0.2, 0.25) is 10.0 Å². The zero-order chi connectivity index (χ0) is 25.7. The number of carbonyl (C=O) groups is 2. The maximum absolute atomic E-state index is 12.4. The van der Waals surface area contributed by atoms with Gasteiger partial charge in [-0.15, -0.1) is 0 Å². The maximum Gasteiger partial charge on any atom is 0.307 e. The second-order valence-corrected chi connectivity index (χ2v) is 8.53. The highest BCUT2D eigenvalue weighted by molar-refractivity contribution is 6.34. The molecule has 36 heavy (non-hydrogen) atoms. The molecule has 184 valence electrons. The molecule has 0 bridgehead atoms. The molecule has 4 aromatic rings. The summed E-state index contributed by atoms with van der Waals surface area (Å²) in [5.41, 5.74) is 4.89. The number of amides is 2. The molecule has 0 unspecified atom stereocenters. The van der Waals surface area contributed by atoms with Crippen LogP contribution in [0.4, 0.5) is 5.69 Å². The van der Waals surface area contributed by atoms with Crippen LogP contribution in [0.15, 0.2) is 80.9 Å². The van der Waals surface area contributed by atoms with Crippen molar-refractivity contribution in [3.8, 4) is 5.75 Å². The van der Waals surface area contributed by atoms with E-state index in [0.29, 0.717) is 44.3 Å². The van der Waals surface area contributed by atoms with Gasteiger partial charge < -0.3 is 18.9 Å². The van der Waals surface area contributed by atoms with E-state index in [1.165, 1.54) is 12.3 Å². The number of halogens is 2. The molecule has 2 N–H and O–H groups in total. The molecule has 2 aromatic heterocycles. The number of anilines is 1. The number of carbonyl (C=O) groups excluding carboxylic acids is 2. The maximum atomic E-state index is 12.4. The van der Waals surface area contributed by atoms with Crippen molar-refractivity contribution in [2.45, 2.75) is 20.5 Å². The lowest BCUT2D eigenvalue weighted by molar-refractivity contribution is 0.0922. The van der Waals surface area contributed by atoms with E-state index in [1.807, 2.05) is 0 Å². The van der Waals surface area contributed by atoms with Crippen LogP contribution in [0.3, 0.4) is 0 Å². The average Bonchev–Trinajstić information content (AvgIpc) is 3.52. The summed E-state index contributed by atoms with van der Waals surface area (Å²) in [6, 6.07) is 16.7. The van der Waals surface area contributed by atoms with E-state index in [4.69, 9.17) is 36.8 Å². The molecular formula is C26H21Cl2N3O5. The molecule has 0 saturated carbocycles. The van der Waals surface area contributed by atoms with E-state index in [0.717, 1.165) is 5.56 Å². The molecule has 0 aliphatic rings. The summed E-state index contributed by atoms with van der Waals surface area (Å²) >= 11 is 12.0. The number of hydrazone groups is 1. The number of hydrogen-bond donors (Lipinski definition) is 2. The number of nitrogens with zero attached hydrogens (tertiary/aromatic N) is 1. The molecule has 10 heteroatoms. The summed E-state index contributed by atoms with van der Waals surface area (Å²) < 4.78 is 16.3. The van der Waals surface area contributed by atoms with Gasteiger partial charge in [0, 0.05) is 16.8 Å². The van der Waals surface area contributed by atoms with Crippen LogP contribution >= 0.6 is 23.2 Å². The Morgan fingerprint density at radius 2 is 1.78 bits per heavy atom. The van der Waals surface area contributed by atoms with Crippen LogP contribution in [-0.4, -0.2) is 17.5 Å². The van der Waals surface area contributed by atoms with Crippen molar-refractivity contribution in [3.05, 3.63) is 105 Å². The summed E-state index contributed by atoms with van der Waals surface area (Å²) in [6.45, 7) is 3.54. The number of ether oxygens (including phenoxy) is 1. The number of benzene rings is 2. The Hall–Kier alpha value is -4.01. The van der Waals surface area contributed by atoms with Gasteiger partial charge >= 0.3 is 5.91 Å². The van der Waals surface area contributed by atoms with E-state index in [1.54, 1.807) is 68.4 Å². The molecule has 0 aliphatic carbocycles. The number of nitrogens with one attached hydrogen (secondary N) is 2. The lowest BCUT2D eigenvalue weighted by atomic mass is 10.1. The summed E-state index contributed by atoms with van der Waals surface area (Å²) in [5, 5.41) is 7.84. The number of rotatable bonds is 8. The molecule has 8 nitrogen and oxygen atoms in total. The quantitative estimate of drug-likeness (QED) is 0.202. The van der Waals surface area contributed by atoms with Crippen molar-refractivity contribution >= 4 is 46.4 Å². The van der Waals surface area contributed by atoms with Crippen molar-refractivity contribution in [1.29, 1.82) is 0 Å². The Kier molecular flexibility index (Phi) is 7.77. The first kappa shape index (κ1) is 25.1. The van der Waals surface area contributed by atoms with E-state index in [9.17, 15) is 9.59 Å². The minimum Gasteiger partial charge on any atom is -0.484 e. The van der Waals surface area contributed by atoms with E-state index in [-0.39, 0.29) is 18.3 Å². The predicted molar refractivity (Wildman–Crippen MR) is 137 cm³/mol. The lowest BCUT2D eigenvalue weighted by Crippen LogP contribution is -2.18. The molecule has 4 rings (SSSR count). The van der Waals surface area contributed by atoms with Crippen molar-refractivity contribution in [2.24, 2.45) is 5.10 Å². The van der Waals surface area contributed by atoms with Gasteiger partial charge in [0.05, 0.1) is 22.6 Å².